The van der Waals surface area contributed by atoms with Crippen LogP contribution in [0.15, 0.2) is 42.5 Å². The summed E-state index contributed by atoms with van der Waals surface area (Å²) < 4.78 is 4.75. The van der Waals surface area contributed by atoms with Gasteiger partial charge >= 0.3 is 12.0 Å². The summed E-state index contributed by atoms with van der Waals surface area (Å²) >= 11 is 0. The largest absolute Gasteiger partial charge is 0.451 e. The number of carbonyl (C=O) groups is 3. The van der Waals surface area contributed by atoms with Gasteiger partial charge in [0.25, 0.3) is 5.91 Å². The van der Waals surface area contributed by atoms with Crippen molar-refractivity contribution < 1.29 is 19.1 Å². The van der Waals surface area contributed by atoms with Crippen molar-refractivity contribution in [2.45, 2.75) is 0 Å². The molecule has 2 N–H and O–H groups in total. The molecule has 0 spiro atoms. The number of urea groups is 1. The van der Waals surface area contributed by atoms with E-state index in [9.17, 15) is 14.4 Å². The number of amides is 3. The fraction of sp³-hybridized carbons (Fsp3) is 0.222. The van der Waals surface area contributed by atoms with Crippen LogP contribution in [0, 0.1) is 11.3 Å². The van der Waals surface area contributed by atoms with Crippen LogP contribution >= 0.6 is 0 Å². The molecule has 0 aliphatic carbocycles. The number of nitrogens with zero attached hydrogens (tertiary/aromatic N) is 2. The maximum Gasteiger partial charge on any atom is 0.349 e. The molecule has 0 radical (unpaired) electrons. The molecule has 0 saturated heterocycles. The van der Waals surface area contributed by atoms with E-state index in [-0.39, 0.29) is 12.1 Å². The minimum absolute atomic E-state index is 0.187. The van der Waals surface area contributed by atoms with Crippen molar-refractivity contribution in [2.75, 3.05) is 32.1 Å². The SMILES string of the molecule is C=CCNC(=O)NC(=O)COC(=O)/C(C#N)=C\c1ccc(N(C)C)cc1. The Kier molecular flexibility index (Phi) is 8.10. The smallest absolute Gasteiger partial charge is 0.349 e. The summed E-state index contributed by atoms with van der Waals surface area (Å²) in [5.74, 6) is -1.77. The number of nitriles is 1. The number of esters is 1. The second-order valence-electron chi connectivity index (χ2n) is 5.28. The van der Waals surface area contributed by atoms with E-state index in [0.29, 0.717) is 5.56 Å². The first-order valence-electron chi connectivity index (χ1n) is 7.62. The van der Waals surface area contributed by atoms with Gasteiger partial charge in [0.15, 0.2) is 6.61 Å². The molecule has 1 aromatic rings. The molecule has 136 valence electrons. The van der Waals surface area contributed by atoms with Crippen LogP contribution < -0.4 is 15.5 Å². The van der Waals surface area contributed by atoms with Crippen molar-refractivity contribution in [3.8, 4) is 6.07 Å². The fourth-order valence-electron chi connectivity index (χ4n) is 1.75. The van der Waals surface area contributed by atoms with E-state index in [0.717, 1.165) is 5.69 Å². The van der Waals surface area contributed by atoms with Crippen LogP contribution in [-0.2, 0) is 14.3 Å². The Bertz CT molecular complexity index is 745. The lowest BCUT2D eigenvalue weighted by Gasteiger charge is -2.11. The molecule has 0 unspecified atom stereocenters. The first-order chi connectivity index (χ1) is 12.4. The predicted molar refractivity (Wildman–Crippen MR) is 97.1 cm³/mol. The summed E-state index contributed by atoms with van der Waals surface area (Å²) in [5.41, 5.74) is 1.35. The molecule has 0 heterocycles. The maximum absolute atomic E-state index is 11.9. The standard InChI is InChI=1S/C18H20N4O4/c1-4-9-20-18(25)21-16(23)12-26-17(24)14(11-19)10-13-5-7-15(8-6-13)22(2)3/h4-8,10H,1,9,12H2,2-3H3,(H2,20,21,23,25)/b14-10-. The molecular weight excluding hydrogens is 336 g/mol. The summed E-state index contributed by atoms with van der Waals surface area (Å²) in [6.45, 7) is 2.92. The zero-order valence-electron chi connectivity index (χ0n) is 14.6. The Morgan fingerprint density at radius 3 is 2.46 bits per heavy atom. The summed E-state index contributed by atoms with van der Waals surface area (Å²) in [6.07, 6.45) is 2.80. The zero-order valence-corrected chi connectivity index (χ0v) is 14.6. The van der Waals surface area contributed by atoms with E-state index in [1.54, 1.807) is 18.2 Å². The van der Waals surface area contributed by atoms with Crippen molar-refractivity contribution >= 4 is 29.7 Å². The van der Waals surface area contributed by atoms with Crippen molar-refractivity contribution in [1.29, 1.82) is 5.26 Å². The monoisotopic (exact) mass is 356 g/mol. The highest BCUT2D eigenvalue weighted by Gasteiger charge is 2.14. The third-order valence-corrected chi connectivity index (χ3v) is 3.06. The molecule has 0 saturated carbocycles. The van der Waals surface area contributed by atoms with Crippen molar-refractivity contribution in [2.24, 2.45) is 0 Å². The van der Waals surface area contributed by atoms with Crippen LogP contribution in [-0.4, -0.2) is 45.2 Å². The van der Waals surface area contributed by atoms with E-state index in [1.807, 2.05) is 36.4 Å². The van der Waals surface area contributed by atoms with Gasteiger partial charge in [0.2, 0.25) is 0 Å². The number of anilines is 1. The molecule has 26 heavy (non-hydrogen) atoms. The minimum Gasteiger partial charge on any atom is -0.451 e. The molecule has 1 aromatic carbocycles. The van der Waals surface area contributed by atoms with E-state index in [2.05, 4.69) is 11.9 Å². The van der Waals surface area contributed by atoms with Crippen LogP contribution in [0.4, 0.5) is 10.5 Å². The second-order valence-corrected chi connectivity index (χ2v) is 5.28. The molecule has 0 atom stereocenters. The number of nitrogens with one attached hydrogen (secondary N) is 2. The number of carbonyl (C=O) groups excluding carboxylic acids is 3. The van der Waals surface area contributed by atoms with Crippen molar-refractivity contribution in [1.82, 2.24) is 10.6 Å². The van der Waals surface area contributed by atoms with Gasteiger partial charge in [-0.05, 0) is 23.8 Å². The van der Waals surface area contributed by atoms with E-state index in [1.165, 1.54) is 12.2 Å². The number of imide groups is 1. The topological polar surface area (TPSA) is 112 Å². The molecule has 3 amide bonds. The highest BCUT2D eigenvalue weighted by molar-refractivity contribution is 6.00. The van der Waals surface area contributed by atoms with Gasteiger partial charge < -0.3 is 15.0 Å². The van der Waals surface area contributed by atoms with Crippen LogP contribution in [0.3, 0.4) is 0 Å². The first-order valence-corrected chi connectivity index (χ1v) is 7.62. The van der Waals surface area contributed by atoms with Gasteiger partial charge in [0.05, 0.1) is 0 Å². The number of hydrogen-bond donors (Lipinski definition) is 2. The Hall–Kier alpha value is -3.60. The van der Waals surface area contributed by atoms with Crippen LogP contribution in [0.2, 0.25) is 0 Å². The lowest BCUT2D eigenvalue weighted by atomic mass is 10.1. The third-order valence-electron chi connectivity index (χ3n) is 3.06. The number of ether oxygens (including phenoxy) is 1. The summed E-state index contributed by atoms with van der Waals surface area (Å²) in [5, 5.41) is 13.4. The van der Waals surface area contributed by atoms with E-state index in [4.69, 9.17) is 10.00 Å². The van der Waals surface area contributed by atoms with Crippen molar-refractivity contribution in [3.05, 3.63) is 48.1 Å². The lowest BCUT2D eigenvalue weighted by molar-refractivity contribution is -0.144. The summed E-state index contributed by atoms with van der Waals surface area (Å²) in [4.78, 5) is 36.6. The Morgan fingerprint density at radius 2 is 1.92 bits per heavy atom. The average molecular weight is 356 g/mol. The first kappa shape index (κ1) is 20.4. The highest BCUT2D eigenvalue weighted by Crippen LogP contribution is 2.15. The Morgan fingerprint density at radius 1 is 1.27 bits per heavy atom. The predicted octanol–water partition coefficient (Wildman–Crippen LogP) is 1.21. The zero-order chi connectivity index (χ0) is 19.5. The van der Waals surface area contributed by atoms with Crippen molar-refractivity contribution in [3.63, 3.8) is 0 Å². The quantitative estimate of drug-likeness (QED) is 0.329. The molecule has 8 nitrogen and oxygen atoms in total. The Labute approximate surface area is 151 Å². The van der Waals surface area contributed by atoms with Gasteiger partial charge in [-0.3, -0.25) is 10.1 Å². The second kappa shape index (κ2) is 10.3. The van der Waals surface area contributed by atoms with Crippen LogP contribution in [0.1, 0.15) is 5.56 Å². The molecular formula is C18H20N4O4. The normalized spacial score (nSPS) is 10.3. The number of hydrogen-bond acceptors (Lipinski definition) is 6. The van der Waals surface area contributed by atoms with Gasteiger partial charge in [0, 0.05) is 26.3 Å². The van der Waals surface area contributed by atoms with Crippen LogP contribution in [0.5, 0.6) is 0 Å². The fourth-order valence-corrected chi connectivity index (χ4v) is 1.75. The molecule has 8 heteroatoms. The van der Waals surface area contributed by atoms with E-state index < -0.39 is 24.5 Å². The average Bonchev–Trinajstić information content (AvgIpc) is 2.62. The molecule has 1 rings (SSSR count). The minimum atomic E-state index is -0.953. The molecule has 0 aliphatic rings. The van der Waals surface area contributed by atoms with E-state index >= 15 is 0 Å². The lowest BCUT2D eigenvalue weighted by Crippen LogP contribution is -2.41. The molecule has 0 bridgehead atoms. The van der Waals surface area contributed by atoms with Gasteiger partial charge in [-0.15, -0.1) is 6.58 Å². The molecule has 0 aliphatic heterocycles. The van der Waals surface area contributed by atoms with Crippen LogP contribution in [0.25, 0.3) is 6.08 Å². The molecule has 0 aromatic heterocycles. The van der Waals surface area contributed by atoms with Gasteiger partial charge in [0.1, 0.15) is 11.6 Å². The maximum atomic E-state index is 11.9. The number of rotatable bonds is 7. The summed E-state index contributed by atoms with van der Waals surface area (Å²) in [7, 11) is 3.79. The highest BCUT2D eigenvalue weighted by atomic mass is 16.5. The van der Waals surface area contributed by atoms with Gasteiger partial charge in [-0.25, -0.2) is 9.59 Å². The third kappa shape index (κ3) is 6.88. The van der Waals surface area contributed by atoms with Gasteiger partial charge in [-0.2, -0.15) is 5.26 Å². The summed E-state index contributed by atoms with van der Waals surface area (Å²) in [6, 6.07) is 8.16. The van der Waals surface area contributed by atoms with Gasteiger partial charge in [-0.1, -0.05) is 18.2 Å². The number of benzene rings is 1. The Balaban J connectivity index is 2.63. The molecule has 0 fully saturated rings.